The Balaban J connectivity index is 1.88. The van der Waals surface area contributed by atoms with Crippen LogP contribution in [-0.2, 0) is 4.79 Å². The van der Waals surface area contributed by atoms with Crippen molar-refractivity contribution in [3.63, 3.8) is 0 Å². The third-order valence-electron chi connectivity index (χ3n) is 4.55. The molecule has 0 spiro atoms. The molecule has 0 aromatic heterocycles. The average molecular weight is 368 g/mol. The van der Waals surface area contributed by atoms with Crippen LogP contribution in [0.5, 0.6) is 5.75 Å². The van der Waals surface area contributed by atoms with E-state index in [2.05, 4.69) is 5.32 Å². The Morgan fingerprint density at radius 1 is 1.07 bits per heavy atom. The summed E-state index contributed by atoms with van der Waals surface area (Å²) in [6.07, 6.45) is 0.394. The number of carbonyl (C=O) groups excluding carboxylic acids is 2. The van der Waals surface area contributed by atoms with Gasteiger partial charge in [0.2, 0.25) is 5.91 Å². The zero-order chi connectivity index (χ0) is 19.8. The molecule has 2 aromatic rings. The molecule has 2 rings (SSSR count). The molecule has 0 fully saturated rings. The normalized spacial score (nSPS) is 11.9. The van der Waals surface area contributed by atoms with E-state index in [1.54, 1.807) is 19.2 Å². The first kappa shape index (κ1) is 20.6. The Hall–Kier alpha value is -2.66. The molecule has 0 saturated carbocycles. The lowest BCUT2D eigenvalue weighted by Crippen LogP contribution is -2.34. The number of likely N-dealkylation sites (N-methyl/N-ethyl adjacent to an activating group) is 1. The topological polar surface area (TPSA) is 58.6 Å². The van der Waals surface area contributed by atoms with Crippen LogP contribution in [-0.4, -0.2) is 44.3 Å². The van der Waals surface area contributed by atoms with Crippen LogP contribution in [0.25, 0.3) is 0 Å². The zero-order valence-electron chi connectivity index (χ0n) is 16.5. The van der Waals surface area contributed by atoms with Crippen molar-refractivity contribution >= 4 is 11.7 Å². The van der Waals surface area contributed by atoms with E-state index in [-0.39, 0.29) is 30.6 Å². The molecule has 1 N–H and O–H groups in total. The number of benzene rings is 2. The fourth-order valence-electron chi connectivity index (χ4n) is 2.86. The first-order valence-corrected chi connectivity index (χ1v) is 9.07. The number of hydrogen-bond donors (Lipinski definition) is 1. The highest BCUT2D eigenvalue weighted by Gasteiger charge is 2.16. The number of hydrogen-bond acceptors (Lipinski definition) is 4. The number of ketones is 1. The van der Waals surface area contributed by atoms with Crippen LogP contribution in [0.3, 0.4) is 0 Å². The zero-order valence-corrected chi connectivity index (χ0v) is 16.5. The summed E-state index contributed by atoms with van der Waals surface area (Å²) in [5.74, 6) is 0.654. The van der Waals surface area contributed by atoms with E-state index >= 15 is 0 Å². The van der Waals surface area contributed by atoms with E-state index < -0.39 is 0 Å². The van der Waals surface area contributed by atoms with Crippen molar-refractivity contribution in [1.29, 1.82) is 0 Å². The summed E-state index contributed by atoms with van der Waals surface area (Å²) in [6, 6.07) is 15.3. The summed E-state index contributed by atoms with van der Waals surface area (Å²) in [7, 11) is 5.57. The lowest BCUT2D eigenvalue weighted by Gasteiger charge is -2.25. The van der Waals surface area contributed by atoms with Crippen molar-refractivity contribution in [3.8, 4) is 5.75 Å². The van der Waals surface area contributed by atoms with Gasteiger partial charge in [0.15, 0.2) is 5.78 Å². The molecule has 27 heavy (non-hydrogen) atoms. The second kappa shape index (κ2) is 9.88. The molecule has 0 saturated heterocycles. The van der Waals surface area contributed by atoms with Crippen LogP contribution < -0.4 is 10.1 Å². The van der Waals surface area contributed by atoms with Gasteiger partial charge in [0.05, 0.1) is 13.2 Å². The summed E-state index contributed by atoms with van der Waals surface area (Å²) in [4.78, 5) is 26.5. The van der Waals surface area contributed by atoms with Gasteiger partial charge >= 0.3 is 0 Å². The molecule has 144 valence electrons. The van der Waals surface area contributed by atoms with E-state index in [1.807, 2.05) is 62.3 Å². The lowest BCUT2D eigenvalue weighted by molar-refractivity contribution is -0.121. The minimum absolute atomic E-state index is 0.0119. The highest BCUT2D eigenvalue weighted by molar-refractivity contribution is 5.97. The summed E-state index contributed by atoms with van der Waals surface area (Å²) >= 11 is 0. The number of Topliss-reactive ketones (excluding diaryl/α,β-unsaturated/α-hetero) is 1. The van der Waals surface area contributed by atoms with E-state index in [9.17, 15) is 9.59 Å². The largest absolute Gasteiger partial charge is 0.497 e. The Morgan fingerprint density at radius 2 is 1.78 bits per heavy atom. The Morgan fingerprint density at radius 3 is 2.41 bits per heavy atom. The number of amides is 1. The number of methoxy groups -OCH3 is 1. The van der Waals surface area contributed by atoms with E-state index in [4.69, 9.17) is 4.74 Å². The number of rotatable bonds is 9. The average Bonchev–Trinajstić information content (AvgIpc) is 2.66. The van der Waals surface area contributed by atoms with Crippen molar-refractivity contribution in [2.75, 3.05) is 27.7 Å². The van der Waals surface area contributed by atoms with Gasteiger partial charge in [0.1, 0.15) is 5.75 Å². The second-order valence-electron chi connectivity index (χ2n) is 6.85. The molecule has 0 heterocycles. The van der Waals surface area contributed by atoms with Crippen LogP contribution in [0.2, 0.25) is 0 Å². The molecule has 2 aromatic carbocycles. The van der Waals surface area contributed by atoms with Crippen LogP contribution >= 0.6 is 0 Å². The van der Waals surface area contributed by atoms with Crippen LogP contribution in [0.1, 0.15) is 40.4 Å². The maximum Gasteiger partial charge on any atom is 0.220 e. The first-order chi connectivity index (χ1) is 12.9. The fraction of sp³-hybridized carbons (Fsp3) is 0.364. The van der Waals surface area contributed by atoms with Crippen LogP contribution in [0.4, 0.5) is 0 Å². The van der Waals surface area contributed by atoms with Gasteiger partial charge in [-0.3, -0.25) is 9.59 Å². The van der Waals surface area contributed by atoms with Gasteiger partial charge in [-0.15, -0.1) is 0 Å². The monoisotopic (exact) mass is 368 g/mol. The Labute approximate surface area is 161 Å². The maximum atomic E-state index is 12.2. The van der Waals surface area contributed by atoms with E-state index in [0.717, 1.165) is 16.9 Å². The number of ether oxygens (including phenoxy) is 1. The highest BCUT2D eigenvalue weighted by atomic mass is 16.5. The van der Waals surface area contributed by atoms with Crippen molar-refractivity contribution in [1.82, 2.24) is 10.2 Å². The van der Waals surface area contributed by atoms with E-state index in [1.165, 1.54) is 0 Å². The van der Waals surface area contributed by atoms with Gasteiger partial charge in [-0.2, -0.15) is 0 Å². The highest BCUT2D eigenvalue weighted by Crippen LogP contribution is 2.22. The molecule has 1 unspecified atom stereocenters. The molecule has 5 nitrogen and oxygen atoms in total. The molecule has 0 bridgehead atoms. The van der Waals surface area contributed by atoms with Gasteiger partial charge in [-0.1, -0.05) is 42.0 Å². The summed E-state index contributed by atoms with van der Waals surface area (Å²) < 4.78 is 5.28. The molecule has 0 aliphatic heterocycles. The SMILES string of the molecule is COc1cccc(C(CNC(=O)CCC(=O)c2ccc(C)cc2)N(C)C)c1. The molecular weight excluding hydrogens is 340 g/mol. The Bertz CT molecular complexity index is 769. The van der Waals surface area contributed by atoms with Crippen LogP contribution in [0, 0.1) is 6.92 Å². The molecule has 1 amide bonds. The van der Waals surface area contributed by atoms with Crippen molar-refractivity contribution < 1.29 is 14.3 Å². The number of nitrogens with one attached hydrogen (secondary N) is 1. The minimum Gasteiger partial charge on any atom is -0.497 e. The molecular formula is C22H28N2O3. The van der Waals surface area contributed by atoms with Crippen LogP contribution in [0.15, 0.2) is 48.5 Å². The quantitative estimate of drug-likeness (QED) is 0.690. The second-order valence-corrected chi connectivity index (χ2v) is 6.85. The predicted molar refractivity (Wildman–Crippen MR) is 107 cm³/mol. The smallest absolute Gasteiger partial charge is 0.220 e. The lowest BCUT2D eigenvalue weighted by atomic mass is 10.0. The van der Waals surface area contributed by atoms with Gasteiger partial charge in [0, 0.05) is 24.9 Å². The van der Waals surface area contributed by atoms with Crippen molar-refractivity contribution in [2.24, 2.45) is 0 Å². The summed E-state index contributed by atoms with van der Waals surface area (Å²) in [5.41, 5.74) is 2.82. The standard InChI is InChI=1S/C22H28N2O3/c1-16-8-10-17(11-9-16)21(25)12-13-22(26)23-15-20(24(2)3)18-6-5-7-19(14-18)27-4/h5-11,14,20H,12-13,15H2,1-4H3,(H,23,26). The van der Waals surface area contributed by atoms with Gasteiger partial charge in [-0.25, -0.2) is 0 Å². The fourth-order valence-corrected chi connectivity index (χ4v) is 2.86. The predicted octanol–water partition coefficient (Wildman–Crippen LogP) is 3.39. The van der Waals surface area contributed by atoms with Crippen molar-refractivity contribution in [2.45, 2.75) is 25.8 Å². The number of aryl methyl sites for hydroxylation is 1. The number of carbonyl (C=O) groups is 2. The van der Waals surface area contributed by atoms with Crippen molar-refractivity contribution in [3.05, 3.63) is 65.2 Å². The molecule has 0 radical (unpaired) electrons. The van der Waals surface area contributed by atoms with Gasteiger partial charge in [0.25, 0.3) is 0 Å². The van der Waals surface area contributed by atoms with Gasteiger partial charge < -0.3 is 15.0 Å². The van der Waals surface area contributed by atoms with E-state index in [0.29, 0.717) is 12.1 Å². The molecule has 0 aliphatic rings. The molecule has 1 atom stereocenters. The molecule has 0 aliphatic carbocycles. The Kier molecular flexibility index (Phi) is 7.55. The maximum absolute atomic E-state index is 12.2. The molecule has 5 heteroatoms. The minimum atomic E-state index is -0.120. The first-order valence-electron chi connectivity index (χ1n) is 9.07. The third-order valence-corrected chi connectivity index (χ3v) is 4.55. The third kappa shape index (κ3) is 6.22. The van der Waals surface area contributed by atoms with Gasteiger partial charge in [-0.05, 0) is 38.7 Å². The summed E-state index contributed by atoms with van der Waals surface area (Å²) in [5, 5.41) is 2.94. The number of nitrogens with zero attached hydrogens (tertiary/aromatic N) is 1. The summed E-state index contributed by atoms with van der Waals surface area (Å²) in [6.45, 7) is 2.45.